The third-order valence-electron chi connectivity index (χ3n) is 3.40. The van der Waals surface area contributed by atoms with Crippen LogP contribution in [0.15, 0.2) is 12.2 Å². The Labute approximate surface area is 173 Å². The lowest BCUT2D eigenvalue weighted by Gasteiger charge is -2.27. The number of aliphatic hydroxyl groups is 1. The summed E-state index contributed by atoms with van der Waals surface area (Å²) in [6, 6.07) is 0. The van der Waals surface area contributed by atoms with Crippen LogP contribution in [0.5, 0.6) is 5.88 Å². The highest BCUT2D eigenvalue weighted by molar-refractivity contribution is 6.99. The van der Waals surface area contributed by atoms with Crippen LogP contribution in [0.2, 0.25) is 0 Å². The van der Waals surface area contributed by atoms with Gasteiger partial charge in [-0.1, -0.05) is 0 Å². The van der Waals surface area contributed by atoms with Crippen LogP contribution >= 0.6 is 11.7 Å². The molecule has 4 N–H and O–H groups in total. The maximum atomic E-state index is 9.95. The molecule has 0 bridgehead atoms. The first-order valence-electron chi connectivity index (χ1n) is 8.93. The number of nitrogens with zero attached hydrogens (tertiary/aromatic N) is 3. The van der Waals surface area contributed by atoms with Crippen molar-refractivity contribution < 1.29 is 34.4 Å². The molecule has 164 valence electrons. The lowest BCUT2D eigenvalue weighted by Crippen LogP contribution is -2.42. The second-order valence-electron chi connectivity index (χ2n) is 7.10. The Hall–Kier alpha value is -2.28. The summed E-state index contributed by atoms with van der Waals surface area (Å²) in [5.41, 5.74) is -0.0257. The fourth-order valence-corrected chi connectivity index (χ4v) is 2.56. The van der Waals surface area contributed by atoms with Gasteiger partial charge in [0, 0.05) is 37.3 Å². The van der Waals surface area contributed by atoms with Gasteiger partial charge in [-0.15, -0.1) is 4.37 Å². The van der Waals surface area contributed by atoms with Crippen molar-refractivity contribution in [1.29, 1.82) is 0 Å². The summed E-state index contributed by atoms with van der Waals surface area (Å²) in [5, 5.41) is 28.8. The number of hydrogen-bond donors (Lipinski definition) is 4. The van der Waals surface area contributed by atoms with Crippen molar-refractivity contribution in [3.8, 4) is 5.88 Å². The fourth-order valence-electron chi connectivity index (χ4n) is 2.04. The second kappa shape index (κ2) is 12.3. The summed E-state index contributed by atoms with van der Waals surface area (Å²) in [7, 11) is 0. The SMILES string of the molecule is CC(C)(C)NCC(O)COc1nsnc1N1CCOCC1.O=C(O)C=CC(=O)O. The molecule has 0 saturated carbocycles. The van der Waals surface area contributed by atoms with E-state index in [1.165, 1.54) is 0 Å². The third-order valence-corrected chi connectivity index (χ3v) is 3.90. The normalized spacial score (nSPS) is 15.5. The van der Waals surface area contributed by atoms with E-state index in [-0.39, 0.29) is 12.1 Å². The number of β-amino-alcohol motifs (C(OH)–C–C–N with tert-alkyl or cyclic N) is 1. The molecule has 2 rings (SSSR count). The maximum absolute atomic E-state index is 9.95. The topological polar surface area (TPSA) is 154 Å². The number of aromatic nitrogens is 2. The molecule has 2 heterocycles. The molecule has 0 radical (unpaired) electrons. The summed E-state index contributed by atoms with van der Waals surface area (Å²) in [4.78, 5) is 21.2. The Morgan fingerprint density at radius 1 is 1.24 bits per heavy atom. The van der Waals surface area contributed by atoms with Gasteiger partial charge in [-0.2, -0.15) is 4.37 Å². The number of carbonyl (C=O) groups is 2. The molecule has 1 aromatic heterocycles. The van der Waals surface area contributed by atoms with E-state index in [1.807, 2.05) is 0 Å². The molecule has 1 aromatic rings. The van der Waals surface area contributed by atoms with E-state index >= 15 is 0 Å². The Kier molecular flexibility index (Phi) is 10.5. The van der Waals surface area contributed by atoms with Crippen LogP contribution in [0, 0.1) is 0 Å². The molecule has 0 aliphatic carbocycles. The van der Waals surface area contributed by atoms with Gasteiger partial charge < -0.3 is 35.0 Å². The van der Waals surface area contributed by atoms with Gasteiger partial charge >= 0.3 is 11.9 Å². The minimum atomic E-state index is -1.26. The third kappa shape index (κ3) is 11.3. The van der Waals surface area contributed by atoms with Crippen LogP contribution in [0.25, 0.3) is 0 Å². The average Bonchev–Trinajstić information content (AvgIpc) is 3.12. The number of morpholine rings is 1. The molecule has 11 nitrogen and oxygen atoms in total. The number of aliphatic carboxylic acids is 2. The van der Waals surface area contributed by atoms with Crippen LogP contribution in [0.3, 0.4) is 0 Å². The number of carboxylic acids is 2. The highest BCUT2D eigenvalue weighted by atomic mass is 32.1. The number of ether oxygens (including phenoxy) is 2. The predicted molar refractivity (Wildman–Crippen MR) is 107 cm³/mol. The van der Waals surface area contributed by atoms with Crippen molar-refractivity contribution in [2.24, 2.45) is 0 Å². The lowest BCUT2D eigenvalue weighted by atomic mass is 10.1. The molecule has 1 unspecified atom stereocenters. The Morgan fingerprint density at radius 3 is 2.34 bits per heavy atom. The van der Waals surface area contributed by atoms with Crippen LogP contribution in [-0.4, -0.2) is 87.1 Å². The van der Waals surface area contributed by atoms with Gasteiger partial charge in [0.1, 0.15) is 12.7 Å². The van der Waals surface area contributed by atoms with Gasteiger partial charge in [0.15, 0.2) is 0 Å². The van der Waals surface area contributed by atoms with Gasteiger partial charge in [-0.25, -0.2) is 9.59 Å². The minimum absolute atomic E-state index is 0.0257. The van der Waals surface area contributed by atoms with Gasteiger partial charge in [0.25, 0.3) is 5.88 Å². The summed E-state index contributed by atoms with van der Waals surface area (Å²) in [6.45, 7) is 9.81. The summed E-state index contributed by atoms with van der Waals surface area (Å²) in [6.07, 6.45) is 0.536. The van der Waals surface area contributed by atoms with Gasteiger partial charge in [0.2, 0.25) is 5.82 Å². The van der Waals surface area contributed by atoms with Crippen LogP contribution in [0.1, 0.15) is 20.8 Å². The zero-order valence-electron chi connectivity index (χ0n) is 16.7. The van der Waals surface area contributed by atoms with Crippen molar-refractivity contribution >= 4 is 29.5 Å². The van der Waals surface area contributed by atoms with Gasteiger partial charge in [-0.05, 0) is 20.8 Å². The van der Waals surface area contributed by atoms with Crippen LogP contribution in [-0.2, 0) is 14.3 Å². The molecule has 0 amide bonds. The standard InChI is InChI=1S/C13H24N4O3S.C4H4O4/c1-13(2,3)14-8-10(18)9-20-12-11(15-21-16-12)17-4-6-19-7-5-17;5-3(6)1-2-4(7)8/h10,14,18H,4-9H2,1-3H3;1-2H,(H,5,6)(H,7,8). The predicted octanol–water partition coefficient (Wildman–Crippen LogP) is 0.214. The van der Waals surface area contributed by atoms with Gasteiger partial charge in [-0.3, -0.25) is 0 Å². The molecule has 1 atom stereocenters. The van der Waals surface area contributed by atoms with E-state index < -0.39 is 18.0 Å². The molecule has 12 heteroatoms. The Morgan fingerprint density at radius 2 is 1.83 bits per heavy atom. The molecule has 1 saturated heterocycles. The lowest BCUT2D eigenvalue weighted by molar-refractivity contribution is -0.134. The second-order valence-corrected chi connectivity index (χ2v) is 7.63. The number of rotatable bonds is 8. The summed E-state index contributed by atoms with van der Waals surface area (Å²) < 4.78 is 19.4. The van der Waals surface area contributed by atoms with Crippen molar-refractivity contribution in [2.45, 2.75) is 32.4 Å². The zero-order chi connectivity index (χ0) is 21.9. The van der Waals surface area contributed by atoms with E-state index in [9.17, 15) is 14.7 Å². The van der Waals surface area contributed by atoms with Crippen molar-refractivity contribution in [1.82, 2.24) is 14.1 Å². The molecular weight excluding hydrogens is 404 g/mol. The number of anilines is 1. The Bertz CT molecular complexity index is 653. The smallest absolute Gasteiger partial charge is 0.328 e. The van der Waals surface area contributed by atoms with Crippen molar-refractivity contribution in [2.75, 3.05) is 44.4 Å². The molecule has 1 aliphatic rings. The molecule has 0 aromatic carbocycles. The Balaban J connectivity index is 0.000000447. The van der Waals surface area contributed by atoms with E-state index in [4.69, 9.17) is 19.7 Å². The number of carboxylic acid groups (broad SMARTS) is 2. The first-order valence-corrected chi connectivity index (χ1v) is 9.66. The van der Waals surface area contributed by atoms with E-state index in [0.717, 1.165) is 30.6 Å². The first-order chi connectivity index (χ1) is 13.6. The fraction of sp³-hybridized carbons (Fsp3) is 0.647. The van der Waals surface area contributed by atoms with Crippen LogP contribution < -0.4 is 15.0 Å². The van der Waals surface area contributed by atoms with E-state index in [2.05, 4.69) is 39.7 Å². The summed E-state index contributed by atoms with van der Waals surface area (Å²) >= 11 is 1.12. The number of aliphatic hydroxyl groups excluding tert-OH is 1. The number of nitrogens with one attached hydrogen (secondary N) is 1. The highest BCUT2D eigenvalue weighted by Crippen LogP contribution is 2.26. The largest absolute Gasteiger partial charge is 0.478 e. The molecule has 29 heavy (non-hydrogen) atoms. The average molecular weight is 432 g/mol. The molecular formula is C17H28N4O7S. The minimum Gasteiger partial charge on any atom is -0.478 e. The number of hydrogen-bond acceptors (Lipinski definition) is 10. The van der Waals surface area contributed by atoms with Crippen molar-refractivity contribution in [3.05, 3.63) is 12.2 Å². The zero-order valence-corrected chi connectivity index (χ0v) is 17.5. The summed E-state index contributed by atoms with van der Waals surface area (Å²) in [5.74, 6) is -1.27. The monoisotopic (exact) mass is 432 g/mol. The van der Waals surface area contributed by atoms with Gasteiger partial charge in [0.05, 0.1) is 24.9 Å². The maximum Gasteiger partial charge on any atom is 0.328 e. The first kappa shape index (κ1) is 24.8. The molecule has 1 aliphatic heterocycles. The van der Waals surface area contributed by atoms with Crippen LogP contribution in [0.4, 0.5) is 5.82 Å². The molecule has 1 fully saturated rings. The van der Waals surface area contributed by atoms with E-state index in [1.54, 1.807) is 0 Å². The van der Waals surface area contributed by atoms with E-state index in [0.29, 0.717) is 37.8 Å². The van der Waals surface area contributed by atoms with Crippen molar-refractivity contribution in [3.63, 3.8) is 0 Å². The quantitative estimate of drug-likeness (QED) is 0.417. The molecule has 0 spiro atoms. The highest BCUT2D eigenvalue weighted by Gasteiger charge is 2.21.